The molecule has 114 valence electrons. The van der Waals surface area contributed by atoms with Gasteiger partial charge in [-0.05, 0) is 32.8 Å². The van der Waals surface area contributed by atoms with Gasteiger partial charge in [0.15, 0.2) is 0 Å². The molecule has 0 aliphatic heterocycles. The Kier molecular flexibility index (Phi) is 6.86. The third-order valence-corrected chi connectivity index (χ3v) is 2.59. The van der Waals surface area contributed by atoms with Crippen LogP contribution in [0.25, 0.3) is 0 Å². The molecule has 1 aromatic rings. The third kappa shape index (κ3) is 6.03. The highest BCUT2D eigenvalue weighted by Crippen LogP contribution is 2.25. The van der Waals surface area contributed by atoms with Gasteiger partial charge in [0.25, 0.3) is 0 Å². The lowest BCUT2D eigenvalue weighted by molar-refractivity contribution is -0.385. The Bertz CT molecular complexity index is 528. The van der Waals surface area contributed by atoms with Crippen molar-refractivity contribution >= 4 is 17.4 Å². The fourth-order valence-corrected chi connectivity index (χ4v) is 1.58. The average molecular weight is 294 g/mol. The molecule has 0 fully saturated rings. The molecule has 0 aromatic heterocycles. The van der Waals surface area contributed by atoms with Crippen molar-refractivity contribution in [2.75, 3.05) is 6.61 Å². The van der Waals surface area contributed by atoms with E-state index >= 15 is 0 Å². The molecule has 1 rings (SSSR count). The number of para-hydroxylation sites is 2. The van der Waals surface area contributed by atoms with E-state index in [-0.39, 0.29) is 17.4 Å². The summed E-state index contributed by atoms with van der Waals surface area (Å²) >= 11 is 0. The first-order chi connectivity index (χ1) is 10.0. The fraction of sp³-hybridized carbons (Fsp3) is 0.429. The molecule has 0 aliphatic carbocycles. The second-order valence-electron chi connectivity index (χ2n) is 4.30. The summed E-state index contributed by atoms with van der Waals surface area (Å²) in [6.07, 6.45) is 1.46. The molecule has 0 saturated heterocycles. The second-order valence-corrected chi connectivity index (χ2v) is 4.30. The zero-order chi connectivity index (χ0) is 15.7. The van der Waals surface area contributed by atoms with Gasteiger partial charge in [0.1, 0.15) is 0 Å². The van der Waals surface area contributed by atoms with Gasteiger partial charge in [0, 0.05) is 12.5 Å². The molecule has 0 N–H and O–H groups in total. The molecule has 0 spiro atoms. The summed E-state index contributed by atoms with van der Waals surface area (Å²) < 4.78 is 4.81. The SMILES string of the molecule is CCOC(=O)CCCC(C)=NOc1ccccc1[N+](=O)[O-]. The van der Waals surface area contributed by atoms with E-state index < -0.39 is 4.92 Å². The highest BCUT2D eigenvalue weighted by atomic mass is 16.7. The second kappa shape index (κ2) is 8.68. The maximum absolute atomic E-state index is 11.2. The van der Waals surface area contributed by atoms with Crippen LogP contribution in [0.15, 0.2) is 29.4 Å². The van der Waals surface area contributed by atoms with Crippen LogP contribution in [-0.4, -0.2) is 23.2 Å². The highest BCUT2D eigenvalue weighted by Gasteiger charge is 2.13. The van der Waals surface area contributed by atoms with Gasteiger partial charge in [-0.15, -0.1) is 0 Å². The number of nitro benzene ring substituents is 1. The van der Waals surface area contributed by atoms with Crippen molar-refractivity contribution in [3.63, 3.8) is 0 Å². The number of hydrogen-bond donors (Lipinski definition) is 0. The van der Waals surface area contributed by atoms with Crippen LogP contribution in [0.5, 0.6) is 5.75 Å². The molecule has 0 unspecified atom stereocenters. The van der Waals surface area contributed by atoms with Crippen LogP contribution in [0.1, 0.15) is 33.1 Å². The molecule has 0 bridgehead atoms. The van der Waals surface area contributed by atoms with E-state index in [0.29, 0.717) is 31.6 Å². The van der Waals surface area contributed by atoms with Crippen LogP contribution in [-0.2, 0) is 9.53 Å². The average Bonchev–Trinajstić information content (AvgIpc) is 2.45. The minimum atomic E-state index is -0.527. The largest absolute Gasteiger partial charge is 0.466 e. The number of benzene rings is 1. The van der Waals surface area contributed by atoms with Crippen molar-refractivity contribution in [2.45, 2.75) is 33.1 Å². The number of carbonyl (C=O) groups excluding carboxylic acids is 1. The van der Waals surface area contributed by atoms with Crippen molar-refractivity contribution in [1.29, 1.82) is 0 Å². The molecule has 7 heteroatoms. The lowest BCUT2D eigenvalue weighted by atomic mass is 10.2. The fourth-order valence-electron chi connectivity index (χ4n) is 1.58. The summed E-state index contributed by atoms with van der Waals surface area (Å²) in [5, 5.41) is 14.6. The van der Waals surface area contributed by atoms with E-state index in [9.17, 15) is 14.9 Å². The first-order valence-corrected chi connectivity index (χ1v) is 6.64. The van der Waals surface area contributed by atoms with Crippen molar-refractivity contribution in [3.8, 4) is 5.75 Å². The quantitative estimate of drug-likeness (QED) is 0.318. The lowest BCUT2D eigenvalue weighted by Crippen LogP contribution is -2.05. The molecule has 1 aromatic carbocycles. The van der Waals surface area contributed by atoms with Gasteiger partial charge < -0.3 is 9.57 Å². The molecule has 0 radical (unpaired) electrons. The van der Waals surface area contributed by atoms with E-state index in [1.54, 1.807) is 26.0 Å². The Balaban J connectivity index is 2.49. The van der Waals surface area contributed by atoms with E-state index in [1.165, 1.54) is 12.1 Å². The number of carbonyl (C=O) groups is 1. The van der Waals surface area contributed by atoms with Crippen molar-refractivity contribution in [3.05, 3.63) is 34.4 Å². The summed E-state index contributed by atoms with van der Waals surface area (Å²) in [4.78, 5) is 26.5. The first kappa shape index (κ1) is 16.6. The molecule has 0 atom stereocenters. The lowest BCUT2D eigenvalue weighted by Gasteiger charge is -2.03. The maximum atomic E-state index is 11.2. The number of nitrogens with zero attached hydrogens (tertiary/aromatic N) is 2. The number of nitro groups is 1. The summed E-state index contributed by atoms with van der Waals surface area (Å²) in [6.45, 7) is 3.86. The molecule has 7 nitrogen and oxygen atoms in total. The van der Waals surface area contributed by atoms with Crippen molar-refractivity contribution in [2.24, 2.45) is 5.16 Å². The summed E-state index contributed by atoms with van der Waals surface area (Å²) in [6, 6.07) is 6.02. The van der Waals surface area contributed by atoms with Crippen LogP contribution >= 0.6 is 0 Å². The predicted octanol–water partition coefficient (Wildman–Crippen LogP) is 3.08. The molecular formula is C14H18N2O5. The van der Waals surface area contributed by atoms with Crippen molar-refractivity contribution < 1.29 is 19.3 Å². The van der Waals surface area contributed by atoms with Gasteiger partial charge in [-0.3, -0.25) is 14.9 Å². The Morgan fingerprint density at radius 1 is 1.33 bits per heavy atom. The third-order valence-electron chi connectivity index (χ3n) is 2.59. The Labute approximate surface area is 122 Å². The molecular weight excluding hydrogens is 276 g/mol. The predicted molar refractivity (Wildman–Crippen MR) is 77.3 cm³/mol. The smallest absolute Gasteiger partial charge is 0.314 e. The molecule has 0 aliphatic rings. The Morgan fingerprint density at radius 2 is 2.05 bits per heavy atom. The van der Waals surface area contributed by atoms with Gasteiger partial charge in [-0.25, -0.2) is 0 Å². The highest BCUT2D eigenvalue weighted by molar-refractivity contribution is 5.82. The maximum Gasteiger partial charge on any atom is 0.314 e. The van der Waals surface area contributed by atoms with Crippen LogP contribution in [0, 0.1) is 10.1 Å². The van der Waals surface area contributed by atoms with Gasteiger partial charge in [0.2, 0.25) is 5.75 Å². The Hall–Kier alpha value is -2.44. The number of ether oxygens (including phenoxy) is 1. The molecule has 21 heavy (non-hydrogen) atoms. The summed E-state index contributed by atoms with van der Waals surface area (Å²) in [7, 11) is 0. The zero-order valence-electron chi connectivity index (χ0n) is 12.1. The zero-order valence-corrected chi connectivity index (χ0v) is 12.1. The van der Waals surface area contributed by atoms with Crippen LogP contribution < -0.4 is 4.84 Å². The van der Waals surface area contributed by atoms with Gasteiger partial charge in [-0.2, -0.15) is 0 Å². The van der Waals surface area contributed by atoms with Crippen molar-refractivity contribution in [1.82, 2.24) is 0 Å². The summed E-state index contributed by atoms with van der Waals surface area (Å²) in [5.41, 5.74) is 0.512. The van der Waals surface area contributed by atoms with E-state index in [1.807, 2.05) is 0 Å². The minimum Gasteiger partial charge on any atom is -0.466 e. The van der Waals surface area contributed by atoms with Crippen LogP contribution in [0.2, 0.25) is 0 Å². The first-order valence-electron chi connectivity index (χ1n) is 6.64. The number of esters is 1. The van der Waals surface area contributed by atoms with Gasteiger partial charge in [0.05, 0.1) is 17.2 Å². The summed E-state index contributed by atoms with van der Waals surface area (Å²) in [5.74, 6) is -0.155. The normalized spacial score (nSPS) is 11.0. The molecule has 0 heterocycles. The number of hydrogen-bond acceptors (Lipinski definition) is 6. The standard InChI is InChI=1S/C14H18N2O5/c1-3-20-14(17)10-6-7-11(2)15-21-13-9-5-4-8-12(13)16(18)19/h4-5,8-9H,3,6-7,10H2,1-2H3. The minimum absolute atomic E-state index is 0.0900. The number of oxime groups is 1. The number of rotatable bonds is 8. The molecule has 0 saturated carbocycles. The van der Waals surface area contributed by atoms with E-state index in [0.717, 1.165) is 0 Å². The monoisotopic (exact) mass is 294 g/mol. The topological polar surface area (TPSA) is 91.0 Å². The Morgan fingerprint density at radius 3 is 2.71 bits per heavy atom. The van der Waals surface area contributed by atoms with Gasteiger partial charge in [-0.1, -0.05) is 17.3 Å². The van der Waals surface area contributed by atoms with Crippen LogP contribution in [0.4, 0.5) is 5.69 Å². The van der Waals surface area contributed by atoms with E-state index in [4.69, 9.17) is 9.57 Å². The van der Waals surface area contributed by atoms with Gasteiger partial charge >= 0.3 is 11.7 Å². The molecule has 0 amide bonds. The van der Waals surface area contributed by atoms with Crippen LogP contribution in [0.3, 0.4) is 0 Å². The van der Waals surface area contributed by atoms with E-state index in [2.05, 4.69) is 5.16 Å².